The van der Waals surface area contributed by atoms with Crippen LogP contribution in [0.3, 0.4) is 0 Å². The Bertz CT molecular complexity index is 1030. The van der Waals surface area contributed by atoms with E-state index in [0.29, 0.717) is 18.8 Å². The standard InChI is InChI=1S/C20H22N6O2/c1-14-4-5-16(11-21-14)26-18(15-6-7-23(2)12-15)10-17(22-26)20(28)25-9-8-24(3)19(27)13-25/h4-7,10-12H,8-9,13H2,1-3H3. The molecule has 0 bridgehead atoms. The minimum Gasteiger partial charge on any atom is -0.357 e. The predicted octanol–water partition coefficient (Wildman–Crippen LogP) is 1.50. The monoisotopic (exact) mass is 378 g/mol. The maximum Gasteiger partial charge on any atom is 0.274 e. The van der Waals surface area contributed by atoms with Crippen molar-refractivity contribution < 1.29 is 9.59 Å². The molecule has 28 heavy (non-hydrogen) atoms. The van der Waals surface area contributed by atoms with Gasteiger partial charge in [-0.15, -0.1) is 0 Å². The van der Waals surface area contributed by atoms with Crippen LogP contribution in [0.1, 0.15) is 16.2 Å². The van der Waals surface area contributed by atoms with Crippen LogP contribution in [0.25, 0.3) is 16.9 Å². The van der Waals surface area contributed by atoms with Gasteiger partial charge in [0.25, 0.3) is 5.91 Å². The normalized spacial score (nSPS) is 14.6. The molecule has 0 N–H and O–H groups in total. The van der Waals surface area contributed by atoms with Gasteiger partial charge >= 0.3 is 0 Å². The predicted molar refractivity (Wildman–Crippen MR) is 104 cm³/mol. The quantitative estimate of drug-likeness (QED) is 0.692. The molecule has 0 radical (unpaired) electrons. The third-order valence-electron chi connectivity index (χ3n) is 4.94. The molecule has 4 heterocycles. The van der Waals surface area contributed by atoms with Crippen LogP contribution in [0.2, 0.25) is 0 Å². The second-order valence-corrected chi connectivity index (χ2v) is 7.09. The summed E-state index contributed by atoms with van der Waals surface area (Å²) >= 11 is 0. The topological polar surface area (TPSA) is 76.3 Å². The summed E-state index contributed by atoms with van der Waals surface area (Å²) in [4.78, 5) is 32.5. The smallest absolute Gasteiger partial charge is 0.274 e. The van der Waals surface area contributed by atoms with Gasteiger partial charge in [0.05, 0.1) is 17.6 Å². The minimum atomic E-state index is -0.238. The van der Waals surface area contributed by atoms with Crippen LogP contribution in [0, 0.1) is 6.92 Å². The maximum atomic E-state index is 13.0. The highest BCUT2D eigenvalue weighted by Gasteiger charge is 2.28. The fourth-order valence-electron chi connectivity index (χ4n) is 3.22. The number of piperazine rings is 1. The fourth-order valence-corrected chi connectivity index (χ4v) is 3.22. The van der Waals surface area contributed by atoms with E-state index in [-0.39, 0.29) is 18.4 Å². The van der Waals surface area contributed by atoms with Gasteiger partial charge in [-0.1, -0.05) is 0 Å². The zero-order chi connectivity index (χ0) is 19.8. The Hall–Kier alpha value is -3.42. The van der Waals surface area contributed by atoms with Gasteiger partial charge in [-0.2, -0.15) is 5.10 Å². The molecule has 2 amide bonds. The molecule has 144 valence electrons. The Morgan fingerprint density at radius 2 is 1.96 bits per heavy atom. The van der Waals surface area contributed by atoms with Crippen LogP contribution in [-0.2, 0) is 11.8 Å². The largest absolute Gasteiger partial charge is 0.357 e. The SMILES string of the molecule is Cc1ccc(-n2nc(C(=O)N3CCN(C)C(=O)C3)cc2-c2ccn(C)c2)cn1. The van der Waals surface area contributed by atoms with Crippen molar-refractivity contribution in [2.45, 2.75) is 6.92 Å². The van der Waals surface area contributed by atoms with Gasteiger partial charge in [0.2, 0.25) is 5.91 Å². The van der Waals surface area contributed by atoms with E-state index in [1.165, 1.54) is 0 Å². The van der Waals surface area contributed by atoms with Gasteiger partial charge in [-0.05, 0) is 31.2 Å². The molecule has 1 aliphatic rings. The molecule has 0 saturated carbocycles. The molecule has 1 aliphatic heterocycles. The molecule has 4 rings (SSSR count). The molecule has 0 aromatic carbocycles. The van der Waals surface area contributed by atoms with E-state index in [2.05, 4.69) is 10.1 Å². The number of carbonyl (C=O) groups is 2. The van der Waals surface area contributed by atoms with E-state index < -0.39 is 0 Å². The molecule has 1 fully saturated rings. The third-order valence-corrected chi connectivity index (χ3v) is 4.94. The van der Waals surface area contributed by atoms with Crippen molar-refractivity contribution in [3.63, 3.8) is 0 Å². The second-order valence-electron chi connectivity index (χ2n) is 7.09. The first-order valence-electron chi connectivity index (χ1n) is 9.11. The summed E-state index contributed by atoms with van der Waals surface area (Å²) in [5.74, 6) is -0.303. The molecule has 3 aromatic rings. The van der Waals surface area contributed by atoms with Crippen molar-refractivity contribution in [2.75, 3.05) is 26.7 Å². The summed E-state index contributed by atoms with van der Waals surface area (Å²) in [5.41, 5.74) is 3.75. The molecule has 0 unspecified atom stereocenters. The number of aryl methyl sites for hydroxylation is 2. The van der Waals surface area contributed by atoms with E-state index in [9.17, 15) is 9.59 Å². The molecule has 1 saturated heterocycles. The van der Waals surface area contributed by atoms with Crippen LogP contribution in [0.15, 0.2) is 42.9 Å². The molecule has 8 heteroatoms. The summed E-state index contributed by atoms with van der Waals surface area (Å²) in [7, 11) is 3.69. The van der Waals surface area contributed by atoms with Gasteiger partial charge in [0, 0.05) is 50.8 Å². The third kappa shape index (κ3) is 3.28. The van der Waals surface area contributed by atoms with Crippen LogP contribution in [0.4, 0.5) is 0 Å². The Labute approximate surface area is 163 Å². The van der Waals surface area contributed by atoms with Crippen molar-refractivity contribution in [1.82, 2.24) is 29.1 Å². The first kappa shape index (κ1) is 18.0. The molecule has 3 aromatic heterocycles. The second kappa shape index (κ2) is 6.95. The van der Waals surface area contributed by atoms with Crippen LogP contribution >= 0.6 is 0 Å². The number of pyridine rings is 1. The Morgan fingerprint density at radius 3 is 2.61 bits per heavy atom. The number of amides is 2. The lowest BCUT2D eigenvalue weighted by atomic mass is 10.2. The van der Waals surface area contributed by atoms with E-state index >= 15 is 0 Å². The van der Waals surface area contributed by atoms with E-state index in [1.807, 2.05) is 49.1 Å². The van der Waals surface area contributed by atoms with E-state index in [4.69, 9.17) is 0 Å². The highest BCUT2D eigenvalue weighted by atomic mass is 16.2. The average Bonchev–Trinajstić information content (AvgIpc) is 3.30. The number of likely N-dealkylation sites (N-methyl/N-ethyl adjacent to an activating group) is 1. The number of hydrogen-bond donors (Lipinski definition) is 0. The molecular formula is C20H22N6O2. The number of carbonyl (C=O) groups excluding carboxylic acids is 2. The summed E-state index contributed by atoms with van der Waals surface area (Å²) in [5, 5.41) is 4.57. The summed E-state index contributed by atoms with van der Waals surface area (Å²) in [6.07, 6.45) is 5.66. The summed E-state index contributed by atoms with van der Waals surface area (Å²) in [6, 6.07) is 7.59. The molecule has 8 nitrogen and oxygen atoms in total. The Balaban J connectivity index is 1.74. The van der Waals surface area contributed by atoms with Gasteiger partial charge in [-0.3, -0.25) is 14.6 Å². The number of nitrogens with zero attached hydrogens (tertiary/aromatic N) is 6. The molecular weight excluding hydrogens is 356 g/mol. The van der Waals surface area contributed by atoms with Crippen molar-refractivity contribution >= 4 is 11.8 Å². The van der Waals surface area contributed by atoms with Crippen LogP contribution < -0.4 is 0 Å². The van der Waals surface area contributed by atoms with E-state index in [0.717, 1.165) is 22.6 Å². The number of hydrogen-bond acceptors (Lipinski definition) is 4. The molecule has 0 atom stereocenters. The zero-order valence-electron chi connectivity index (χ0n) is 16.2. The van der Waals surface area contributed by atoms with E-state index in [1.54, 1.807) is 33.8 Å². The summed E-state index contributed by atoms with van der Waals surface area (Å²) < 4.78 is 3.67. The van der Waals surface area contributed by atoms with Crippen molar-refractivity contribution in [2.24, 2.45) is 7.05 Å². The summed E-state index contributed by atoms with van der Waals surface area (Å²) in [6.45, 7) is 3.03. The Morgan fingerprint density at radius 1 is 1.14 bits per heavy atom. The maximum absolute atomic E-state index is 13.0. The van der Waals surface area contributed by atoms with Crippen molar-refractivity contribution in [1.29, 1.82) is 0 Å². The van der Waals surface area contributed by atoms with Gasteiger partial charge in [0.15, 0.2) is 5.69 Å². The van der Waals surface area contributed by atoms with Crippen molar-refractivity contribution in [3.8, 4) is 16.9 Å². The number of aromatic nitrogens is 4. The lowest BCUT2D eigenvalue weighted by Gasteiger charge is -2.31. The van der Waals surface area contributed by atoms with Crippen LogP contribution in [0.5, 0.6) is 0 Å². The lowest BCUT2D eigenvalue weighted by Crippen LogP contribution is -2.50. The first-order valence-corrected chi connectivity index (χ1v) is 9.11. The number of rotatable bonds is 3. The highest BCUT2D eigenvalue weighted by molar-refractivity contribution is 5.96. The highest BCUT2D eigenvalue weighted by Crippen LogP contribution is 2.25. The first-order chi connectivity index (χ1) is 13.4. The van der Waals surface area contributed by atoms with Gasteiger partial charge in [0.1, 0.15) is 6.54 Å². The fraction of sp³-hybridized carbons (Fsp3) is 0.300. The zero-order valence-corrected chi connectivity index (χ0v) is 16.2. The Kier molecular flexibility index (Phi) is 4.46. The average molecular weight is 378 g/mol. The lowest BCUT2D eigenvalue weighted by molar-refractivity contribution is -0.133. The minimum absolute atomic E-state index is 0.0648. The van der Waals surface area contributed by atoms with Gasteiger partial charge in [-0.25, -0.2) is 4.68 Å². The molecule has 0 spiro atoms. The van der Waals surface area contributed by atoms with Crippen molar-refractivity contribution in [3.05, 3.63) is 54.2 Å². The van der Waals surface area contributed by atoms with Gasteiger partial charge < -0.3 is 14.4 Å². The van der Waals surface area contributed by atoms with Crippen LogP contribution in [-0.4, -0.2) is 67.6 Å². The molecule has 0 aliphatic carbocycles.